The number of aromatic nitrogens is 2. The summed E-state index contributed by atoms with van der Waals surface area (Å²) in [6, 6.07) is 13.8. The van der Waals surface area contributed by atoms with Gasteiger partial charge in [0.25, 0.3) is 0 Å². The SMILES string of the molecule is Clc1ccc2nc3c(cc2c1Cl)[nH]c1ccccc13. The number of nitrogens with zero attached hydrogens (tertiary/aromatic N) is 1. The summed E-state index contributed by atoms with van der Waals surface area (Å²) in [5, 5.41) is 3.08. The molecule has 19 heavy (non-hydrogen) atoms. The molecule has 0 atom stereocenters. The minimum absolute atomic E-state index is 0.548. The summed E-state index contributed by atoms with van der Waals surface area (Å²) >= 11 is 12.3. The quantitative estimate of drug-likeness (QED) is 0.474. The summed E-state index contributed by atoms with van der Waals surface area (Å²) in [7, 11) is 0. The molecule has 0 spiro atoms. The highest BCUT2D eigenvalue weighted by molar-refractivity contribution is 6.45. The van der Waals surface area contributed by atoms with Gasteiger partial charge in [-0.3, -0.25) is 0 Å². The zero-order valence-electron chi connectivity index (χ0n) is 9.74. The monoisotopic (exact) mass is 286 g/mol. The van der Waals surface area contributed by atoms with Gasteiger partial charge in [-0.15, -0.1) is 0 Å². The Balaban J connectivity index is 2.24. The van der Waals surface area contributed by atoms with E-state index >= 15 is 0 Å². The highest BCUT2D eigenvalue weighted by Gasteiger charge is 2.10. The molecule has 2 heterocycles. The van der Waals surface area contributed by atoms with Crippen molar-refractivity contribution in [2.45, 2.75) is 0 Å². The van der Waals surface area contributed by atoms with Gasteiger partial charge >= 0.3 is 0 Å². The largest absolute Gasteiger partial charge is 0.353 e. The third-order valence-electron chi connectivity index (χ3n) is 3.34. The maximum Gasteiger partial charge on any atom is 0.0965 e. The van der Waals surface area contributed by atoms with Gasteiger partial charge in [0.2, 0.25) is 0 Å². The van der Waals surface area contributed by atoms with Crippen LogP contribution in [0.3, 0.4) is 0 Å². The van der Waals surface area contributed by atoms with Crippen molar-refractivity contribution in [1.82, 2.24) is 9.97 Å². The number of para-hydroxylation sites is 1. The van der Waals surface area contributed by atoms with E-state index in [1.54, 1.807) is 6.07 Å². The van der Waals surface area contributed by atoms with Crippen LogP contribution in [0, 0.1) is 0 Å². The fourth-order valence-electron chi connectivity index (χ4n) is 2.43. The Kier molecular flexibility index (Phi) is 2.25. The summed E-state index contributed by atoms with van der Waals surface area (Å²) in [6.07, 6.45) is 0. The summed E-state index contributed by atoms with van der Waals surface area (Å²) in [5.41, 5.74) is 3.86. The van der Waals surface area contributed by atoms with Crippen LogP contribution in [0.15, 0.2) is 42.5 Å². The predicted octanol–water partition coefficient (Wildman–Crippen LogP) is 5.18. The molecule has 4 rings (SSSR count). The Labute approximate surface area is 119 Å². The van der Waals surface area contributed by atoms with Gasteiger partial charge in [0.1, 0.15) is 0 Å². The molecule has 0 unspecified atom stereocenters. The average molecular weight is 287 g/mol. The molecule has 4 aromatic rings. The molecular weight excluding hydrogens is 279 g/mol. The molecule has 2 nitrogen and oxygen atoms in total. The van der Waals surface area contributed by atoms with Gasteiger partial charge in [0.15, 0.2) is 0 Å². The Bertz CT molecular complexity index is 941. The molecule has 0 bridgehead atoms. The summed E-state index contributed by atoms with van der Waals surface area (Å²) in [6.45, 7) is 0. The van der Waals surface area contributed by atoms with Crippen molar-refractivity contribution in [2.24, 2.45) is 0 Å². The second kappa shape index (κ2) is 3.86. The van der Waals surface area contributed by atoms with Gasteiger partial charge in [0.05, 0.1) is 26.6 Å². The molecule has 92 valence electrons. The van der Waals surface area contributed by atoms with Crippen molar-refractivity contribution in [1.29, 1.82) is 0 Å². The van der Waals surface area contributed by atoms with Crippen molar-refractivity contribution >= 4 is 56.0 Å². The number of fused-ring (bicyclic) bond motifs is 4. The van der Waals surface area contributed by atoms with Crippen LogP contribution in [-0.2, 0) is 0 Å². The lowest BCUT2D eigenvalue weighted by Gasteiger charge is -2.02. The zero-order valence-corrected chi connectivity index (χ0v) is 11.3. The first-order valence-electron chi connectivity index (χ1n) is 5.89. The lowest BCUT2D eigenvalue weighted by Crippen LogP contribution is -1.82. The maximum absolute atomic E-state index is 6.24. The van der Waals surface area contributed by atoms with E-state index in [0.717, 1.165) is 32.8 Å². The van der Waals surface area contributed by atoms with Gasteiger partial charge < -0.3 is 4.98 Å². The summed E-state index contributed by atoms with van der Waals surface area (Å²) in [5.74, 6) is 0. The first kappa shape index (κ1) is 11.1. The van der Waals surface area contributed by atoms with Crippen LogP contribution in [-0.4, -0.2) is 9.97 Å². The standard InChI is InChI=1S/C15H8Cl2N2/c16-10-5-6-12-9(14(10)17)7-13-15(19-12)8-3-1-2-4-11(8)18-13/h1-7,18H. The molecule has 0 fully saturated rings. The van der Waals surface area contributed by atoms with Crippen LogP contribution in [0.5, 0.6) is 0 Å². The normalized spacial score (nSPS) is 11.7. The van der Waals surface area contributed by atoms with E-state index in [1.165, 1.54) is 0 Å². The number of aromatic amines is 1. The van der Waals surface area contributed by atoms with E-state index in [2.05, 4.69) is 11.1 Å². The third kappa shape index (κ3) is 1.54. The number of hydrogen-bond acceptors (Lipinski definition) is 1. The first-order chi connectivity index (χ1) is 9.24. The molecule has 2 aromatic carbocycles. The van der Waals surface area contributed by atoms with Crippen LogP contribution in [0.1, 0.15) is 0 Å². The molecule has 0 saturated heterocycles. The van der Waals surface area contributed by atoms with Crippen molar-refractivity contribution in [3.8, 4) is 0 Å². The van der Waals surface area contributed by atoms with E-state index in [9.17, 15) is 0 Å². The van der Waals surface area contributed by atoms with Gasteiger partial charge in [0, 0.05) is 16.3 Å². The van der Waals surface area contributed by atoms with E-state index in [-0.39, 0.29) is 0 Å². The number of nitrogens with one attached hydrogen (secondary N) is 1. The molecule has 0 amide bonds. The number of hydrogen-bond donors (Lipinski definition) is 1. The van der Waals surface area contributed by atoms with E-state index in [4.69, 9.17) is 28.2 Å². The lowest BCUT2D eigenvalue weighted by molar-refractivity contribution is 1.49. The molecule has 0 aliphatic heterocycles. The predicted molar refractivity (Wildman–Crippen MR) is 81.1 cm³/mol. The molecule has 0 aliphatic carbocycles. The fourth-order valence-corrected chi connectivity index (χ4v) is 2.81. The van der Waals surface area contributed by atoms with Crippen LogP contribution < -0.4 is 0 Å². The molecule has 1 N–H and O–H groups in total. The molecule has 0 aliphatic rings. The van der Waals surface area contributed by atoms with Gasteiger partial charge in [-0.2, -0.15) is 0 Å². The zero-order chi connectivity index (χ0) is 13.0. The number of halogens is 2. The smallest absolute Gasteiger partial charge is 0.0965 e. The van der Waals surface area contributed by atoms with Crippen LogP contribution in [0.25, 0.3) is 32.8 Å². The van der Waals surface area contributed by atoms with Gasteiger partial charge in [-0.1, -0.05) is 41.4 Å². The lowest BCUT2D eigenvalue weighted by atomic mass is 10.2. The Hall–Kier alpha value is -1.77. The molecule has 2 aromatic heterocycles. The van der Waals surface area contributed by atoms with Gasteiger partial charge in [-0.25, -0.2) is 4.98 Å². The summed E-state index contributed by atoms with van der Waals surface area (Å²) < 4.78 is 0. The number of H-pyrrole nitrogens is 1. The number of pyridine rings is 1. The van der Waals surface area contributed by atoms with Crippen molar-refractivity contribution < 1.29 is 0 Å². The van der Waals surface area contributed by atoms with E-state index in [1.807, 2.05) is 30.3 Å². The highest BCUT2D eigenvalue weighted by atomic mass is 35.5. The summed E-state index contributed by atoms with van der Waals surface area (Å²) in [4.78, 5) is 8.05. The maximum atomic E-state index is 6.24. The van der Waals surface area contributed by atoms with Crippen molar-refractivity contribution in [2.75, 3.05) is 0 Å². The van der Waals surface area contributed by atoms with E-state index in [0.29, 0.717) is 10.0 Å². The highest BCUT2D eigenvalue weighted by Crippen LogP contribution is 2.33. The first-order valence-corrected chi connectivity index (χ1v) is 6.65. The van der Waals surface area contributed by atoms with Crippen LogP contribution >= 0.6 is 23.2 Å². The average Bonchev–Trinajstić information content (AvgIpc) is 2.79. The Morgan fingerprint density at radius 2 is 1.74 bits per heavy atom. The molecule has 0 radical (unpaired) electrons. The number of rotatable bonds is 0. The topological polar surface area (TPSA) is 28.7 Å². The molecule has 0 saturated carbocycles. The van der Waals surface area contributed by atoms with Crippen LogP contribution in [0.4, 0.5) is 0 Å². The minimum atomic E-state index is 0.548. The Morgan fingerprint density at radius 3 is 2.63 bits per heavy atom. The molecule has 4 heteroatoms. The van der Waals surface area contributed by atoms with Crippen LogP contribution in [0.2, 0.25) is 10.0 Å². The Morgan fingerprint density at radius 1 is 0.895 bits per heavy atom. The fraction of sp³-hybridized carbons (Fsp3) is 0. The molecular formula is C15H8Cl2N2. The van der Waals surface area contributed by atoms with Crippen molar-refractivity contribution in [3.63, 3.8) is 0 Å². The minimum Gasteiger partial charge on any atom is -0.353 e. The van der Waals surface area contributed by atoms with Crippen molar-refractivity contribution in [3.05, 3.63) is 52.5 Å². The number of benzene rings is 2. The second-order valence-electron chi connectivity index (χ2n) is 4.48. The second-order valence-corrected chi connectivity index (χ2v) is 5.27. The van der Waals surface area contributed by atoms with E-state index < -0.39 is 0 Å². The third-order valence-corrected chi connectivity index (χ3v) is 4.16. The van der Waals surface area contributed by atoms with Gasteiger partial charge in [-0.05, 0) is 24.3 Å².